The number of ether oxygens (including phenoxy) is 1. The smallest absolute Gasteiger partial charge is 0.326 e. The number of aromatic nitrogens is 2. The lowest BCUT2D eigenvalue weighted by molar-refractivity contribution is -0.149. The molecule has 10 heteroatoms. The van der Waals surface area contributed by atoms with Crippen LogP contribution in [0.1, 0.15) is 36.2 Å². The van der Waals surface area contributed by atoms with Gasteiger partial charge in [0.1, 0.15) is 12.3 Å². The standard InChI is InChI=1S/C20H29N5O5/c26-17-7-16(22-20(29)23-17)19(28)21-8-15-11-25(18(27)12-30-15)10-14-3-5-24(6-4-14)9-13-1-2-13/h7,13-15H,1-6,8-12H2,(H,21,28)(H2,22,23,26,29). The molecule has 2 saturated heterocycles. The molecule has 1 aliphatic carbocycles. The minimum atomic E-state index is -0.735. The van der Waals surface area contributed by atoms with Crippen LogP contribution in [0, 0.1) is 11.8 Å². The predicted molar refractivity (Wildman–Crippen MR) is 108 cm³/mol. The topological polar surface area (TPSA) is 128 Å². The largest absolute Gasteiger partial charge is 0.365 e. The van der Waals surface area contributed by atoms with E-state index in [2.05, 4.69) is 15.2 Å². The number of nitrogens with one attached hydrogen (secondary N) is 3. The summed E-state index contributed by atoms with van der Waals surface area (Å²) in [5, 5.41) is 2.66. The molecule has 0 spiro atoms. The molecule has 164 valence electrons. The number of carbonyl (C=O) groups is 2. The number of morpholine rings is 1. The SMILES string of the molecule is O=C(NCC1CN(CC2CCN(CC3CC3)CC2)C(=O)CO1)c1cc(=O)[nH]c(=O)[nH]1. The van der Waals surface area contributed by atoms with Crippen LogP contribution in [0.2, 0.25) is 0 Å². The molecule has 1 aromatic rings. The number of piperidine rings is 1. The van der Waals surface area contributed by atoms with E-state index in [0.717, 1.165) is 44.5 Å². The van der Waals surface area contributed by atoms with Gasteiger partial charge >= 0.3 is 5.69 Å². The number of H-pyrrole nitrogens is 2. The van der Waals surface area contributed by atoms with Crippen LogP contribution in [0.15, 0.2) is 15.7 Å². The lowest BCUT2D eigenvalue weighted by Crippen LogP contribution is -2.52. The van der Waals surface area contributed by atoms with E-state index in [1.165, 1.54) is 19.4 Å². The van der Waals surface area contributed by atoms with E-state index in [9.17, 15) is 19.2 Å². The van der Waals surface area contributed by atoms with Gasteiger partial charge in [0.2, 0.25) is 5.91 Å². The van der Waals surface area contributed by atoms with Gasteiger partial charge in [-0.15, -0.1) is 0 Å². The molecule has 3 N–H and O–H groups in total. The second kappa shape index (κ2) is 9.13. The molecule has 1 saturated carbocycles. The molecule has 2 aliphatic heterocycles. The highest BCUT2D eigenvalue weighted by molar-refractivity contribution is 5.92. The van der Waals surface area contributed by atoms with Gasteiger partial charge in [-0.2, -0.15) is 0 Å². The van der Waals surface area contributed by atoms with Crippen molar-refractivity contribution in [3.05, 3.63) is 32.6 Å². The normalized spacial score (nSPS) is 23.5. The molecule has 0 bridgehead atoms. The second-order valence-corrected chi connectivity index (χ2v) is 8.63. The van der Waals surface area contributed by atoms with Crippen LogP contribution < -0.4 is 16.6 Å². The van der Waals surface area contributed by atoms with Crippen LogP contribution in [0.25, 0.3) is 0 Å². The molecule has 10 nitrogen and oxygen atoms in total. The Labute approximate surface area is 174 Å². The molecule has 3 fully saturated rings. The highest BCUT2D eigenvalue weighted by Gasteiger charge is 2.31. The van der Waals surface area contributed by atoms with E-state index in [1.807, 2.05) is 9.88 Å². The van der Waals surface area contributed by atoms with E-state index < -0.39 is 17.2 Å². The highest BCUT2D eigenvalue weighted by Crippen LogP contribution is 2.31. The van der Waals surface area contributed by atoms with E-state index in [1.54, 1.807) is 0 Å². The summed E-state index contributed by atoms with van der Waals surface area (Å²) in [5.41, 5.74) is -1.48. The maximum atomic E-state index is 12.3. The van der Waals surface area contributed by atoms with Crippen LogP contribution in [-0.4, -0.2) is 83.6 Å². The number of aromatic amines is 2. The summed E-state index contributed by atoms with van der Waals surface area (Å²) in [7, 11) is 0. The van der Waals surface area contributed by atoms with Crippen molar-refractivity contribution in [1.82, 2.24) is 25.1 Å². The third kappa shape index (κ3) is 5.57. The van der Waals surface area contributed by atoms with Crippen molar-refractivity contribution < 1.29 is 14.3 Å². The molecule has 30 heavy (non-hydrogen) atoms. The first kappa shape index (κ1) is 20.8. The summed E-state index contributed by atoms with van der Waals surface area (Å²) in [5.74, 6) is 0.828. The lowest BCUT2D eigenvalue weighted by Gasteiger charge is -2.38. The van der Waals surface area contributed by atoms with Crippen LogP contribution in [0.5, 0.6) is 0 Å². The Morgan fingerprint density at radius 1 is 1.07 bits per heavy atom. The number of likely N-dealkylation sites (tertiary alicyclic amines) is 1. The van der Waals surface area contributed by atoms with E-state index in [0.29, 0.717) is 12.5 Å². The maximum Gasteiger partial charge on any atom is 0.326 e. The van der Waals surface area contributed by atoms with Crippen molar-refractivity contribution >= 4 is 11.8 Å². The van der Waals surface area contributed by atoms with Gasteiger partial charge in [0.25, 0.3) is 11.5 Å². The summed E-state index contributed by atoms with van der Waals surface area (Å²) in [6, 6.07) is 1.03. The summed E-state index contributed by atoms with van der Waals surface area (Å²) >= 11 is 0. The van der Waals surface area contributed by atoms with Gasteiger partial charge in [-0.3, -0.25) is 19.4 Å². The summed E-state index contributed by atoms with van der Waals surface area (Å²) in [6.07, 6.45) is 4.63. The zero-order valence-electron chi connectivity index (χ0n) is 17.0. The van der Waals surface area contributed by atoms with Crippen molar-refractivity contribution in [3.8, 4) is 0 Å². The number of hydrogen-bond donors (Lipinski definition) is 3. The summed E-state index contributed by atoms with van der Waals surface area (Å²) in [6.45, 7) is 4.78. The molecular formula is C20H29N5O5. The first-order valence-corrected chi connectivity index (χ1v) is 10.7. The van der Waals surface area contributed by atoms with Crippen molar-refractivity contribution in [2.75, 3.05) is 45.9 Å². The van der Waals surface area contributed by atoms with Gasteiger partial charge in [-0.1, -0.05) is 0 Å². The van der Waals surface area contributed by atoms with E-state index in [-0.39, 0.29) is 30.9 Å². The third-order valence-corrected chi connectivity index (χ3v) is 6.11. The summed E-state index contributed by atoms with van der Waals surface area (Å²) in [4.78, 5) is 55.8. The quantitative estimate of drug-likeness (QED) is 0.528. The summed E-state index contributed by atoms with van der Waals surface area (Å²) < 4.78 is 5.56. The lowest BCUT2D eigenvalue weighted by atomic mass is 9.95. The minimum Gasteiger partial charge on any atom is -0.365 e. The average molecular weight is 419 g/mol. The minimum absolute atomic E-state index is 0.00288. The fourth-order valence-corrected chi connectivity index (χ4v) is 4.20. The molecule has 1 aromatic heterocycles. The van der Waals surface area contributed by atoms with E-state index >= 15 is 0 Å². The Bertz CT molecular complexity index is 856. The fraction of sp³-hybridized carbons (Fsp3) is 0.700. The first-order chi connectivity index (χ1) is 14.5. The zero-order valence-corrected chi connectivity index (χ0v) is 17.0. The van der Waals surface area contributed by atoms with Gasteiger partial charge in [0, 0.05) is 32.2 Å². The molecule has 4 rings (SSSR count). The number of carbonyl (C=O) groups excluding carboxylic acids is 2. The Morgan fingerprint density at radius 2 is 1.80 bits per heavy atom. The highest BCUT2D eigenvalue weighted by atomic mass is 16.5. The zero-order chi connectivity index (χ0) is 21.1. The fourth-order valence-electron chi connectivity index (χ4n) is 4.20. The molecule has 3 heterocycles. The Hall–Kier alpha value is -2.46. The van der Waals surface area contributed by atoms with Crippen molar-refractivity contribution in [2.45, 2.75) is 31.8 Å². The number of amides is 2. The Balaban J connectivity index is 1.24. The van der Waals surface area contributed by atoms with Gasteiger partial charge in [0.05, 0.1) is 6.10 Å². The van der Waals surface area contributed by atoms with Crippen LogP contribution in [0.4, 0.5) is 0 Å². The molecule has 3 aliphatic rings. The van der Waals surface area contributed by atoms with Gasteiger partial charge < -0.3 is 24.8 Å². The molecular weight excluding hydrogens is 390 g/mol. The maximum absolute atomic E-state index is 12.3. The van der Waals surface area contributed by atoms with Gasteiger partial charge in [-0.25, -0.2) is 4.79 Å². The first-order valence-electron chi connectivity index (χ1n) is 10.7. The predicted octanol–water partition coefficient (Wildman–Crippen LogP) is -0.858. The number of hydrogen-bond acceptors (Lipinski definition) is 6. The van der Waals surface area contributed by atoms with Crippen LogP contribution in [0.3, 0.4) is 0 Å². The number of rotatable bonds is 7. The second-order valence-electron chi connectivity index (χ2n) is 8.63. The molecule has 1 unspecified atom stereocenters. The van der Waals surface area contributed by atoms with Crippen molar-refractivity contribution in [2.24, 2.45) is 11.8 Å². The molecule has 0 aromatic carbocycles. The van der Waals surface area contributed by atoms with Gasteiger partial charge in [-0.05, 0) is 50.6 Å². The van der Waals surface area contributed by atoms with Crippen LogP contribution in [-0.2, 0) is 9.53 Å². The Kier molecular flexibility index (Phi) is 6.33. The molecule has 0 radical (unpaired) electrons. The van der Waals surface area contributed by atoms with Crippen molar-refractivity contribution in [1.29, 1.82) is 0 Å². The van der Waals surface area contributed by atoms with Crippen LogP contribution >= 0.6 is 0 Å². The Morgan fingerprint density at radius 3 is 2.50 bits per heavy atom. The van der Waals surface area contributed by atoms with Gasteiger partial charge in [0.15, 0.2) is 0 Å². The molecule has 2 amide bonds. The number of nitrogens with zero attached hydrogens (tertiary/aromatic N) is 2. The van der Waals surface area contributed by atoms with Crippen molar-refractivity contribution in [3.63, 3.8) is 0 Å². The monoisotopic (exact) mass is 419 g/mol. The third-order valence-electron chi connectivity index (χ3n) is 6.11. The average Bonchev–Trinajstić information content (AvgIpc) is 3.53. The molecule has 1 atom stereocenters. The van der Waals surface area contributed by atoms with E-state index in [4.69, 9.17) is 4.74 Å².